The Balaban J connectivity index is 1.88. The van der Waals surface area contributed by atoms with Crippen molar-refractivity contribution in [1.82, 2.24) is 19.5 Å². The van der Waals surface area contributed by atoms with Crippen molar-refractivity contribution in [2.75, 3.05) is 16.8 Å². The van der Waals surface area contributed by atoms with E-state index in [9.17, 15) is 13.2 Å². The van der Waals surface area contributed by atoms with Crippen LogP contribution in [0, 0.1) is 17.5 Å². The molecule has 0 aliphatic heterocycles. The van der Waals surface area contributed by atoms with Gasteiger partial charge in [-0.15, -0.1) is 0 Å². The van der Waals surface area contributed by atoms with Gasteiger partial charge in [-0.25, -0.2) is 28.1 Å². The molecule has 0 bridgehead atoms. The molecule has 148 valence electrons. The van der Waals surface area contributed by atoms with Gasteiger partial charge in [-0.1, -0.05) is 0 Å². The van der Waals surface area contributed by atoms with Crippen LogP contribution in [-0.2, 0) is 0 Å². The van der Waals surface area contributed by atoms with Gasteiger partial charge in [-0.2, -0.15) is 0 Å². The van der Waals surface area contributed by atoms with Gasteiger partial charge in [-0.3, -0.25) is 4.57 Å². The van der Waals surface area contributed by atoms with Gasteiger partial charge >= 0.3 is 0 Å². The maximum absolute atomic E-state index is 13.9. The number of halogens is 3. The second-order valence-electron chi connectivity index (χ2n) is 6.45. The molecule has 29 heavy (non-hydrogen) atoms. The zero-order valence-electron chi connectivity index (χ0n) is 15.2. The predicted molar refractivity (Wildman–Crippen MR) is 104 cm³/mol. The minimum atomic E-state index is -0.766. The van der Waals surface area contributed by atoms with Crippen molar-refractivity contribution in [3.05, 3.63) is 66.0 Å². The van der Waals surface area contributed by atoms with Crippen LogP contribution in [0.15, 0.2) is 42.7 Å². The zero-order valence-corrected chi connectivity index (χ0v) is 15.2. The van der Waals surface area contributed by atoms with E-state index in [4.69, 9.17) is 11.5 Å². The third-order valence-electron chi connectivity index (χ3n) is 4.40. The number of hydrogen-bond acceptors (Lipinski definition) is 6. The lowest BCUT2D eigenvalue weighted by atomic mass is 10.2. The summed E-state index contributed by atoms with van der Waals surface area (Å²) < 4.78 is 43.1. The summed E-state index contributed by atoms with van der Waals surface area (Å²) in [6.45, 7) is 1.75. The maximum Gasteiger partial charge on any atom is 0.155 e. The molecule has 4 rings (SSSR count). The van der Waals surface area contributed by atoms with Crippen LogP contribution in [0.4, 0.5) is 30.5 Å². The average molecular weight is 399 g/mol. The summed E-state index contributed by atoms with van der Waals surface area (Å²) in [6, 6.07) is 6.51. The highest BCUT2D eigenvalue weighted by molar-refractivity contribution is 5.79. The second-order valence-corrected chi connectivity index (χ2v) is 6.45. The third kappa shape index (κ3) is 3.40. The van der Waals surface area contributed by atoms with Crippen LogP contribution < -0.4 is 16.8 Å². The van der Waals surface area contributed by atoms with Gasteiger partial charge in [0, 0.05) is 12.1 Å². The van der Waals surface area contributed by atoms with E-state index in [0.717, 1.165) is 18.2 Å². The van der Waals surface area contributed by atoms with E-state index in [1.807, 2.05) is 0 Å². The molecule has 0 saturated carbocycles. The number of anilines is 3. The molecule has 0 spiro atoms. The van der Waals surface area contributed by atoms with Crippen LogP contribution in [0.5, 0.6) is 0 Å². The molecule has 0 unspecified atom stereocenters. The first-order valence-corrected chi connectivity index (χ1v) is 8.60. The molecule has 2 aromatic heterocycles. The fourth-order valence-corrected chi connectivity index (χ4v) is 3.09. The predicted octanol–water partition coefficient (Wildman–Crippen LogP) is 3.57. The Bertz CT molecular complexity index is 1200. The van der Waals surface area contributed by atoms with Crippen LogP contribution in [-0.4, -0.2) is 19.5 Å². The van der Waals surface area contributed by atoms with Gasteiger partial charge in [0.15, 0.2) is 11.6 Å². The molecule has 5 N–H and O–H groups in total. The minimum Gasteiger partial charge on any atom is -0.393 e. The highest BCUT2D eigenvalue weighted by Crippen LogP contribution is 2.30. The van der Waals surface area contributed by atoms with Crippen molar-refractivity contribution in [2.24, 2.45) is 0 Å². The minimum absolute atomic E-state index is 0.109. The van der Waals surface area contributed by atoms with Gasteiger partial charge in [0.05, 0.1) is 22.8 Å². The number of benzene rings is 2. The van der Waals surface area contributed by atoms with E-state index in [-0.39, 0.29) is 23.0 Å². The monoisotopic (exact) mass is 399 g/mol. The first kappa shape index (κ1) is 18.5. The topological polar surface area (TPSA) is 108 Å². The molecule has 0 amide bonds. The van der Waals surface area contributed by atoms with Gasteiger partial charge in [0.2, 0.25) is 0 Å². The fourth-order valence-electron chi connectivity index (χ4n) is 3.09. The summed E-state index contributed by atoms with van der Waals surface area (Å²) in [6.07, 6.45) is 1.25. The van der Waals surface area contributed by atoms with Crippen molar-refractivity contribution in [2.45, 2.75) is 13.0 Å². The van der Waals surface area contributed by atoms with E-state index in [2.05, 4.69) is 20.3 Å². The molecule has 4 aromatic rings. The van der Waals surface area contributed by atoms with Crippen LogP contribution >= 0.6 is 0 Å². The zero-order chi connectivity index (χ0) is 20.7. The Morgan fingerprint density at radius 1 is 0.966 bits per heavy atom. The molecule has 1 atom stereocenters. The quantitative estimate of drug-likeness (QED) is 0.484. The SMILES string of the molecule is C[C@H](Nc1ncnc(N)c1N)c1nc2ccc(F)cc2n1-c1cc(F)cc(F)c1. The van der Waals surface area contributed by atoms with Crippen LogP contribution in [0.25, 0.3) is 16.7 Å². The number of aromatic nitrogens is 4. The number of nitrogens with two attached hydrogens (primary N) is 2. The number of nitrogens with one attached hydrogen (secondary N) is 1. The number of imidazole rings is 1. The standard InChI is InChI=1S/C19H16F3N7/c1-9(27-18-16(23)17(24)25-8-26-18)19-28-14-3-2-10(20)7-15(14)29(19)13-5-11(21)4-12(22)6-13/h2-9H,23H2,1H3,(H3,24,25,26,27)/t9-/m0/s1. The summed E-state index contributed by atoms with van der Waals surface area (Å²) in [7, 11) is 0. The Labute approximate surface area is 163 Å². The molecule has 0 aliphatic carbocycles. The van der Waals surface area contributed by atoms with Crippen molar-refractivity contribution >= 4 is 28.4 Å². The van der Waals surface area contributed by atoms with E-state index < -0.39 is 23.5 Å². The third-order valence-corrected chi connectivity index (χ3v) is 4.40. The average Bonchev–Trinajstić information content (AvgIpc) is 3.03. The molecule has 0 aliphatic rings. The van der Waals surface area contributed by atoms with Gasteiger partial charge in [0.1, 0.15) is 35.3 Å². The lowest BCUT2D eigenvalue weighted by molar-refractivity contribution is 0.581. The summed E-state index contributed by atoms with van der Waals surface area (Å²) in [5.41, 5.74) is 12.7. The van der Waals surface area contributed by atoms with E-state index in [0.29, 0.717) is 16.9 Å². The largest absolute Gasteiger partial charge is 0.393 e. The number of nitrogens with zero attached hydrogens (tertiary/aromatic N) is 4. The van der Waals surface area contributed by atoms with Crippen molar-refractivity contribution in [3.8, 4) is 5.69 Å². The van der Waals surface area contributed by atoms with Gasteiger partial charge in [-0.05, 0) is 31.2 Å². The lowest BCUT2D eigenvalue weighted by Gasteiger charge is -2.18. The summed E-state index contributed by atoms with van der Waals surface area (Å²) in [5.74, 6) is -1.28. The first-order valence-electron chi connectivity index (χ1n) is 8.60. The molecule has 0 radical (unpaired) electrons. The lowest BCUT2D eigenvalue weighted by Crippen LogP contribution is -2.16. The van der Waals surface area contributed by atoms with Crippen molar-refractivity contribution in [1.29, 1.82) is 0 Å². The summed E-state index contributed by atoms with van der Waals surface area (Å²) in [5, 5.41) is 3.06. The maximum atomic E-state index is 13.9. The highest BCUT2D eigenvalue weighted by atomic mass is 19.1. The molecule has 2 heterocycles. The molecule has 7 nitrogen and oxygen atoms in total. The Morgan fingerprint density at radius 3 is 2.41 bits per heavy atom. The molecule has 10 heteroatoms. The smallest absolute Gasteiger partial charge is 0.155 e. The second kappa shape index (κ2) is 6.97. The molecule has 2 aromatic carbocycles. The van der Waals surface area contributed by atoms with Gasteiger partial charge < -0.3 is 16.8 Å². The molecular formula is C19H16F3N7. The number of rotatable bonds is 4. The number of nitrogen functional groups attached to an aromatic ring is 2. The van der Waals surface area contributed by atoms with Crippen LogP contribution in [0.1, 0.15) is 18.8 Å². The summed E-state index contributed by atoms with van der Waals surface area (Å²) in [4.78, 5) is 12.4. The van der Waals surface area contributed by atoms with E-state index >= 15 is 0 Å². The molecular weight excluding hydrogens is 383 g/mol. The Hall–Kier alpha value is -3.82. The van der Waals surface area contributed by atoms with Gasteiger partial charge in [0.25, 0.3) is 0 Å². The molecule has 0 saturated heterocycles. The highest BCUT2D eigenvalue weighted by Gasteiger charge is 2.21. The van der Waals surface area contributed by atoms with E-state index in [1.54, 1.807) is 6.92 Å². The van der Waals surface area contributed by atoms with Crippen LogP contribution in [0.2, 0.25) is 0 Å². The Morgan fingerprint density at radius 2 is 1.69 bits per heavy atom. The number of hydrogen-bond donors (Lipinski definition) is 3. The first-order chi connectivity index (χ1) is 13.8. The Kier molecular flexibility index (Phi) is 4.45. The normalized spacial score (nSPS) is 12.3. The number of fused-ring (bicyclic) bond motifs is 1. The molecule has 0 fully saturated rings. The summed E-state index contributed by atoms with van der Waals surface area (Å²) >= 11 is 0. The fraction of sp³-hybridized carbons (Fsp3) is 0.105. The van der Waals surface area contributed by atoms with Crippen molar-refractivity contribution in [3.63, 3.8) is 0 Å². The van der Waals surface area contributed by atoms with Crippen molar-refractivity contribution < 1.29 is 13.2 Å². The van der Waals surface area contributed by atoms with E-state index in [1.165, 1.54) is 29.1 Å². The van der Waals surface area contributed by atoms with Crippen LogP contribution in [0.3, 0.4) is 0 Å².